The maximum atomic E-state index is 13.6. The topological polar surface area (TPSA) is 177 Å². The molecule has 0 unspecified atom stereocenters. The summed E-state index contributed by atoms with van der Waals surface area (Å²) in [6, 6.07) is 10.4. The van der Waals surface area contributed by atoms with Gasteiger partial charge in [-0.1, -0.05) is 46.8 Å². The number of thiazole rings is 1. The highest BCUT2D eigenvalue weighted by atomic mass is 32.1. The standard InChI is InChI=1S/C28H35F2N5O4S.C27H38F2N4O4/c1-16(2)12-20(27(38)35-13-19(25(29)30)24-23(35)22(36)14-39-24)31-26(37)18-6-4-17(5-7-18)21-15-40-28(32-21)34-10-8-33(3)9-11-34;1-4-9-31-10-12-32(13-11-31)19-7-5-18(6-8-19)26(35)30-21(14-17(2)3)27(36)33-15-20(25(28)29)24-23(33)22(34)16-37-24/h4-7,15-16,19-20,23-25H,8-14H2,1-3H3,(H,31,37);5-8,17,20-21,23-25H,4,9-16H2,1-3H3,(H,30,35)/t19-,20-,23+,24+;20-,21-,23+,24+/m00/s1. The number of piperazine rings is 2. The Bertz CT molecular complexity index is 2540. The zero-order valence-electron chi connectivity index (χ0n) is 44.8. The zero-order chi connectivity index (χ0) is 55.2. The van der Waals surface area contributed by atoms with Crippen molar-refractivity contribution in [2.75, 3.05) is 102 Å². The molecule has 7 heterocycles. The summed E-state index contributed by atoms with van der Waals surface area (Å²) in [7, 11) is 2.11. The third-order valence-corrected chi connectivity index (χ3v) is 16.3. The Morgan fingerprint density at radius 1 is 0.662 bits per heavy atom. The number of carbonyl (C=O) groups excluding carboxylic acids is 6. The van der Waals surface area contributed by atoms with E-state index >= 15 is 0 Å². The number of fused-ring (bicyclic) bond motifs is 2. The largest absolute Gasteiger partial charge is 0.369 e. The molecule has 0 radical (unpaired) electrons. The van der Waals surface area contributed by atoms with Crippen LogP contribution >= 0.6 is 11.3 Å². The average molecular weight is 1100 g/mol. The van der Waals surface area contributed by atoms with E-state index in [1.54, 1.807) is 35.6 Å². The lowest BCUT2D eigenvalue weighted by molar-refractivity contribution is -0.138. The Balaban J connectivity index is 0.000000204. The van der Waals surface area contributed by atoms with E-state index in [9.17, 15) is 46.3 Å². The van der Waals surface area contributed by atoms with Gasteiger partial charge >= 0.3 is 0 Å². The van der Waals surface area contributed by atoms with Gasteiger partial charge in [0, 0.05) is 93.2 Å². The number of benzene rings is 2. The molecule has 77 heavy (non-hydrogen) atoms. The molecule has 0 saturated carbocycles. The summed E-state index contributed by atoms with van der Waals surface area (Å²) in [4.78, 5) is 94.6. The Labute approximate surface area is 451 Å². The van der Waals surface area contributed by atoms with Crippen molar-refractivity contribution in [3.05, 3.63) is 65.0 Å². The van der Waals surface area contributed by atoms with Gasteiger partial charge in [0.05, 0.1) is 29.7 Å². The number of nitrogens with zero attached hydrogens (tertiary/aromatic N) is 7. The molecule has 1 aromatic heterocycles. The van der Waals surface area contributed by atoms with Gasteiger partial charge in [-0.25, -0.2) is 22.5 Å². The van der Waals surface area contributed by atoms with Crippen molar-refractivity contribution in [3.8, 4) is 11.3 Å². The number of anilines is 2. The molecule has 4 amide bonds. The van der Waals surface area contributed by atoms with Crippen molar-refractivity contribution in [3.63, 3.8) is 0 Å². The van der Waals surface area contributed by atoms with E-state index < -0.39 is 84.7 Å². The molecular weight excluding hydrogens is 1020 g/mol. The second-order valence-electron chi connectivity index (χ2n) is 21.9. The molecule has 22 heteroatoms. The van der Waals surface area contributed by atoms with Gasteiger partial charge in [0.25, 0.3) is 11.8 Å². The maximum absolute atomic E-state index is 13.6. The van der Waals surface area contributed by atoms with Crippen LogP contribution in [0.4, 0.5) is 28.4 Å². The second-order valence-corrected chi connectivity index (χ2v) is 22.8. The molecule has 6 aliphatic rings. The minimum atomic E-state index is -2.72. The molecule has 8 atom stereocenters. The van der Waals surface area contributed by atoms with E-state index in [4.69, 9.17) is 14.5 Å². The fraction of sp³-hybridized carbons (Fsp3) is 0.618. The lowest BCUT2D eigenvalue weighted by atomic mass is 10.0. The molecule has 6 saturated heterocycles. The van der Waals surface area contributed by atoms with E-state index in [1.807, 2.05) is 57.3 Å². The molecule has 6 aliphatic heterocycles. The number of ether oxygens (including phenoxy) is 2. The quantitative estimate of drug-likeness (QED) is 0.169. The van der Waals surface area contributed by atoms with E-state index in [0.717, 1.165) is 87.4 Å². The lowest BCUT2D eigenvalue weighted by Crippen LogP contribution is -2.52. The minimum absolute atomic E-state index is 0.0376. The van der Waals surface area contributed by atoms with Crippen LogP contribution in [0.1, 0.15) is 74.6 Å². The third kappa shape index (κ3) is 13.5. The van der Waals surface area contributed by atoms with Crippen molar-refractivity contribution in [1.82, 2.24) is 35.2 Å². The van der Waals surface area contributed by atoms with Crippen LogP contribution in [-0.2, 0) is 28.7 Å². The smallest absolute Gasteiger partial charge is 0.251 e. The molecule has 3 aromatic rings. The van der Waals surface area contributed by atoms with Gasteiger partial charge in [0.15, 0.2) is 16.7 Å². The number of likely N-dealkylation sites (N-methyl/N-ethyl adjacent to an activating group) is 1. The molecule has 6 fully saturated rings. The van der Waals surface area contributed by atoms with Crippen molar-refractivity contribution < 1.29 is 55.8 Å². The molecule has 0 spiro atoms. The van der Waals surface area contributed by atoms with Crippen LogP contribution in [-0.4, -0.2) is 201 Å². The van der Waals surface area contributed by atoms with E-state index in [1.165, 1.54) is 9.80 Å². The molecule has 2 aromatic carbocycles. The van der Waals surface area contributed by atoms with Gasteiger partial charge in [0.2, 0.25) is 24.7 Å². The Hall–Kier alpha value is -5.55. The molecule has 0 aliphatic carbocycles. The molecule has 2 N–H and O–H groups in total. The summed E-state index contributed by atoms with van der Waals surface area (Å²) in [5.74, 6) is -5.01. The highest BCUT2D eigenvalue weighted by Gasteiger charge is 2.57. The fourth-order valence-corrected chi connectivity index (χ4v) is 12.1. The summed E-state index contributed by atoms with van der Waals surface area (Å²) < 4.78 is 65.1. The van der Waals surface area contributed by atoms with Crippen molar-refractivity contribution >= 4 is 57.4 Å². The molecule has 17 nitrogen and oxygen atoms in total. The van der Waals surface area contributed by atoms with Gasteiger partial charge < -0.3 is 44.6 Å². The zero-order valence-corrected chi connectivity index (χ0v) is 45.6. The Morgan fingerprint density at radius 2 is 1.12 bits per heavy atom. The highest BCUT2D eigenvalue weighted by molar-refractivity contribution is 7.14. The SMILES string of the molecule is CC(C)C[C@H](NC(=O)c1ccc(-c2csc(N3CCN(C)CC3)n2)cc1)C(=O)N1C[C@H](C(F)F)[C@H]2OCC(=O)[C@H]21.CCCN1CCN(c2ccc(C(=O)N[C@@H](CC(C)C)C(=O)N3C[C@H](C(F)F)[C@H]4OCC(=O)[C@H]43)cc2)CC1. The van der Waals surface area contributed by atoms with Gasteiger partial charge in [-0.2, -0.15) is 0 Å². The minimum Gasteiger partial charge on any atom is -0.369 e. The number of hydrogen-bond acceptors (Lipinski definition) is 14. The number of amides is 4. The Kier molecular flexibility index (Phi) is 19.1. The van der Waals surface area contributed by atoms with Crippen LogP contribution in [0.2, 0.25) is 0 Å². The number of ketones is 2. The number of alkyl halides is 4. The summed E-state index contributed by atoms with van der Waals surface area (Å²) in [6.07, 6.45) is -5.66. The number of hydrogen-bond donors (Lipinski definition) is 2. The van der Waals surface area contributed by atoms with Crippen LogP contribution < -0.4 is 20.4 Å². The van der Waals surface area contributed by atoms with E-state index in [2.05, 4.69) is 44.2 Å². The first kappa shape index (κ1) is 57.6. The number of aromatic nitrogens is 1. The average Bonchev–Trinajstić information content (AvgIpc) is 4.39. The van der Waals surface area contributed by atoms with Crippen LogP contribution in [0.15, 0.2) is 53.9 Å². The number of rotatable bonds is 17. The second kappa shape index (κ2) is 25.5. The number of likely N-dealkylation sites (tertiary alicyclic amines) is 2. The van der Waals surface area contributed by atoms with Crippen LogP contribution in [0.25, 0.3) is 11.3 Å². The number of carbonyl (C=O) groups is 6. The van der Waals surface area contributed by atoms with Gasteiger partial charge in [-0.15, -0.1) is 11.3 Å². The van der Waals surface area contributed by atoms with Crippen molar-refractivity contribution in [2.24, 2.45) is 23.7 Å². The fourth-order valence-electron chi connectivity index (χ4n) is 11.3. The van der Waals surface area contributed by atoms with Gasteiger partial charge in [-0.3, -0.25) is 33.7 Å². The summed E-state index contributed by atoms with van der Waals surface area (Å²) >= 11 is 1.60. The maximum Gasteiger partial charge on any atom is 0.251 e. The highest BCUT2D eigenvalue weighted by Crippen LogP contribution is 2.38. The van der Waals surface area contributed by atoms with Crippen molar-refractivity contribution in [1.29, 1.82) is 0 Å². The lowest BCUT2D eigenvalue weighted by Gasteiger charge is -2.36. The molecular formula is C55H73F4N9O8S. The van der Waals surface area contributed by atoms with E-state index in [-0.39, 0.29) is 49.7 Å². The first-order valence-electron chi connectivity index (χ1n) is 27.0. The first-order chi connectivity index (χ1) is 36.8. The van der Waals surface area contributed by atoms with Crippen molar-refractivity contribution in [2.45, 2.75) is 103 Å². The number of halogens is 4. The van der Waals surface area contributed by atoms with E-state index in [0.29, 0.717) is 24.0 Å². The van der Waals surface area contributed by atoms with Crippen LogP contribution in [0.3, 0.4) is 0 Å². The van der Waals surface area contributed by atoms with Gasteiger partial charge in [-0.05, 0) is 81.1 Å². The molecule has 0 bridgehead atoms. The predicted octanol–water partition coefficient (Wildman–Crippen LogP) is 5.19. The third-order valence-electron chi connectivity index (χ3n) is 15.4. The monoisotopic (exact) mass is 1100 g/mol. The number of Topliss-reactive ketones (excluding diaryl/α,β-unsaturated/α-hetero) is 2. The normalized spacial score (nSPS) is 24.6. The van der Waals surface area contributed by atoms with Crippen LogP contribution in [0, 0.1) is 23.7 Å². The van der Waals surface area contributed by atoms with Gasteiger partial charge in [0.1, 0.15) is 37.4 Å². The summed E-state index contributed by atoms with van der Waals surface area (Å²) in [5.41, 5.74) is 3.54. The van der Waals surface area contributed by atoms with Crippen LogP contribution in [0.5, 0.6) is 0 Å². The summed E-state index contributed by atoms with van der Waals surface area (Å²) in [5, 5.41) is 8.59. The molecule has 9 rings (SSSR count). The number of nitrogens with one attached hydrogen (secondary N) is 2. The Morgan fingerprint density at radius 3 is 1.56 bits per heavy atom. The first-order valence-corrected chi connectivity index (χ1v) is 27.8. The molecule has 420 valence electrons. The summed E-state index contributed by atoms with van der Waals surface area (Å²) in [6.45, 7) is 17.6. The predicted molar refractivity (Wildman–Crippen MR) is 284 cm³/mol.